The Morgan fingerprint density at radius 2 is 2.20 bits per heavy atom. The van der Waals surface area contributed by atoms with E-state index in [-0.39, 0.29) is 5.56 Å². The van der Waals surface area contributed by atoms with Crippen LogP contribution in [0.5, 0.6) is 0 Å². The molecule has 0 unspecified atom stereocenters. The number of aromatic amines is 1. The van der Waals surface area contributed by atoms with E-state index in [1.54, 1.807) is 11.3 Å². The SMILES string of the molecule is C[C@@H]1CCc2c(sc3nc(CSc4nnc(C5CC5)o4)[nH]c(=O)c23)C1. The smallest absolute Gasteiger partial charge is 0.277 e. The molecule has 2 aliphatic carbocycles. The normalized spacial score (nSPS) is 20.1. The van der Waals surface area contributed by atoms with Crippen LogP contribution in [0.1, 0.15) is 54.3 Å². The standard InChI is InChI=1S/C17H18N4O2S2/c1-8-2-5-10-11(6-8)25-16-13(10)14(22)18-12(19-16)7-24-17-21-20-15(23-17)9-3-4-9/h8-9H,2-7H2,1H3,(H,18,19,22)/t8-/m1/s1. The van der Waals surface area contributed by atoms with E-state index in [1.165, 1.54) is 22.2 Å². The van der Waals surface area contributed by atoms with Crippen molar-refractivity contribution in [2.75, 3.05) is 0 Å². The fourth-order valence-corrected chi connectivity index (χ4v) is 5.41. The van der Waals surface area contributed by atoms with Crippen LogP contribution in [0.4, 0.5) is 0 Å². The Morgan fingerprint density at radius 3 is 3.04 bits per heavy atom. The molecule has 2 aliphatic rings. The molecule has 6 nitrogen and oxygen atoms in total. The van der Waals surface area contributed by atoms with Crippen LogP contribution >= 0.6 is 23.1 Å². The molecule has 1 saturated carbocycles. The molecule has 130 valence electrons. The second-order valence-electron chi connectivity index (χ2n) is 7.01. The minimum Gasteiger partial charge on any atom is -0.416 e. The number of fused-ring (bicyclic) bond motifs is 3. The molecule has 0 aromatic carbocycles. The first-order chi connectivity index (χ1) is 12.2. The third-order valence-corrected chi connectivity index (χ3v) is 6.87. The minimum atomic E-state index is -0.0168. The van der Waals surface area contributed by atoms with Crippen molar-refractivity contribution in [1.29, 1.82) is 0 Å². The molecule has 3 aromatic rings. The van der Waals surface area contributed by atoms with Crippen LogP contribution in [0.25, 0.3) is 10.2 Å². The third-order valence-electron chi connectivity index (χ3n) is 4.90. The number of aromatic nitrogens is 4. The van der Waals surface area contributed by atoms with Gasteiger partial charge in [-0.15, -0.1) is 21.5 Å². The topological polar surface area (TPSA) is 84.7 Å². The summed E-state index contributed by atoms with van der Waals surface area (Å²) in [5.41, 5.74) is 1.20. The van der Waals surface area contributed by atoms with Gasteiger partial charge in [0.1, 0.15) is 10.7 Å². The lowest BCUT2D eigenvalue weighted by atomic mass is 9.89. The maximum atomic E-state index is 12.6. The number of hydrogen-bond acceptors (Lipinski definition) is 7. The van der Waals surface area contributed by atoms with Crippen LogP contribution in [-0.4, -0.2) is 20.2 Å². The summed E-state index contributed by atoms with van der Waals surface area (Å²) in [7, 11) is 0. The van der Waals surface area contributed by atoms with Crippen LogP contribution in [0.15, 0.2) is 14.4 Å². The maximum absolute atomic E-state index is 12.6. The molecule has 0 bridgehead atoms. The molecule has 0 saturated heterocycles. The average molecular weight is 374 g/mol. The lowest BCUT2D eigenvalue weighted by Gasteiger charge is -2.17. The molecule has 0 amide bonds. The van der Waals surface area contributed by atoms with E-state index in [1.807, 2.05) is 0 Å². The highest BCUT2D eigenvalue weighted by molar-refractivity contribution is 7.98. The van der Waals surface area contributed by atoms with Crippen molar-refractivity contribution in [3.8, 4) is 0 Å². The van der Waals surface area contributed by atoms with Gasteiger partial charge in [0.25, 0.3) is 10.8 Å². The zero-order chi connectivity index (χ0) is 17.0. The Bertz CT molecular complexity index is 1000. The van der Waals surface area contributed by atoms with Crippen molar-refractivity contribution in [1.82, 2.24) is 20.2 Å². The van der Waals surface area contributed by atoms with Gasteiger partial charge in [0.15, 0.2) is 0 Å². The molecule has 3 heterocycles. The van der Waals surface area contributed by atoms with Gasteiger partial charge in [-0.2, -0.15) is 0 Å². The monoisotopic (exact) mass is 374 g/mol. The molecule has 8 heteroatoms. The van der Waals surface area contributed by atoms with E-state index < -0.39 is 0 Å². The van der Waals surface area contributed by atoms with Crippen molar-refractivity contribution in [3.05, 3.63) is 32.5 Å². The fraction of sp³-hybridized carbons (Fsp3) is 0.529. The first-order valence-electron chi connectivity index (χ1n) is 8.67. The predicted octanol–water partition coefficient (Wildman–Crippen LogP) is 3.66. The second kappa shape index (κ2) is 5.95. The Hall–Kier alpha value is -1.67. The summed E-state index contributed by atoms with van der Waals surface area (Å²) in [5, 5.41) is 9.49. The minimum absolute atomic E-state index is 0.0168. The molecular weight excluding hydrogens is 356 g/mol. The van der Waals surface area contributed by atoms with Crippen molar-refractivity contribution < 1.29 is 4.42 Å². The number of rotatable bonds is 4. The molecule has 0 radical (unpaired) electrons. The Kier molecular flexibility index (Phi) is 3.71. The van der Waals surface area contributed by atoms with Crippen molar-refractivity contribution >= 4 is 33.3 Å². The Balaban J connectivity index is 1.40. The van der Waals surface area contributed by atoms with Crippen molar-refractivity contribution in [2.24, 2.45) is 5.92 Å². The van der Waals surface area contributed by atoms with Gasteiger partial charge in [-0.05, 0) is 43.6 Å². The number of nitrogens with zero attached hydrogens (tertiary/aromatic N) is 3. The highest BCUT2D eigenvalue weighted by Gasteiger charge is 2.29. The largest absolute Gasteiger partial charge is 0.416 e. The number of thioether (sulfide) groups is 1. The zero-order valence-electron chi connectivity index (χ0n) is 13.9. The van der Waals surface area contributed by atoms with Gasteiger partial charge in [-0.25, -0.2) is 4.98 Å². The molecule has 1 atom stereocenters. The van der Waals surface area contributed by atoms with Crippen molar-refractivity contribution in [3.63, 3.8) is 0 Å². The first kappa shape index (κ1) is 15.6. The summed E-state index contributed by atoms with van der Waals surface area (Å²) < 4.78 is 5.65. The van der Waals surface area contributed by atoms with E-state index in [9.17, 15) is 4.79 Å². The molecular formula is C17H18N4O2S2. The number of hydrogen-bond donors (Lipinski definition) is 1. The van der Waals surface area contributed by atoms with E-state index in [2.05, 4.69) is 27.1 Å². The molecule has 5 rings (SSSR count). The molecule has 3 aromatic heterocycles. The van der Waals surface area contributed by atoms with Gasteiger partial charge in [0.2, 0.25) is 5.89 Å². The zero-order valence-corrected chi connectivity index (χ0v) is 15.5. The van der Waals surface area contributed by atoms with E-state index in [0.29, 0.717) is 28.6 Å². The lowest BCUT2D eigenvalue weighted by molar-refractivity contribution is 0.414. The lowest BCUT2D eigenvalue weighted by Crippen LogP contribution is -2.14. The molecule has 1 fully saturated rings. The Morgan fingerprint density at radius 1 is 1.32 bits per heavy atom. The maximum Gasteiger partial charge on any atom is 0.277 e. The summed E-state index contributed by atoms with van der Waals surface area (Å²) in [5.74, 6) is 3.07. The van der Waals surface area contributed by atoms with Gasteiger partial charge in [0.05, 0.1) is 11.1 Å². The highest BCUT2D eigenvalue weighted by Crippen LogP contribution is 2.40. The van der Waals surface area contributed by atoms with E-state index in [0.717, 1.165) is 48.2 Å². The van der Waals surface area contributed by atoms with Gasteiger partial charge < -0.3 is 9.40 Å². The summed E-state index contributed by atoms with van der Waals surface area (Å²) in [6.45, 7) is 2.27. The summed E-state index contributed by atoms with van der Waals surface area (Å²) in [6.07, 6.45) is 5.47. The third kappa shape index (κ3) is 2.91. The van der Waals surface area contributed by atoms with Crippen molar-refractivity contribution in [2.45, 2.75) is 55.9 Å². The summed E-state index contributed by atoms with van der Waals surface area (Å²) in [4.78, 5) is 22.4. The molecule has 1 N–H and O–H groups in total. The van der Waals surface area contributed by atoms with Crippen LogP contribution in [0.3, 0.4) is 0 Å². The van der Waals surface area contributed by atoms with Crippen LogP contribution in [0.2, 0.25) is 0 Å². The van der Waals surface area contributed by atoms with Crippen LogP contribution in [0, 0.1) is 5.92 Å². The van der Waals surface area contributed by atoms with Gasteiger partial charge in [-0.1, -0.05) is 18.7 Å². The van der Waals surface area contributed by atoms with E-state index in [4.69, 9.17) is 4.42 Å². The predicted molar refractivity (Wildman–Crippen MR) is 97.3 cm³/mol. The summed E-state index contributed by atoms with van der Waals surface area (Å²) >= 11 is 3.10. The quantitative estimate of drug-likeness (QED) is 0.702. The van der Waals surface area contributed by atoms with Crippen LogP contribution in [-0.2, 0) is 18.6 Å². The molecule has 0 aliphatic heterocycles. The van der Waals surface area contributed by atoms with Gasteiger partial charge >= 0.3 is 0 Å². The first-order valence-corrected chi connectivity index (χ1v) is 10.5. The van der Waals surface area contributed by atoms with Gasteiger partial charge in [0, 0.05) is 10.8 Å². The Labute approximate surface area is 152 Å². The van der Waals surface area contributed by atoms with E-state index >= 15 is 0 Å². The van der Waals surface area contributed by atoms with Gasteiger partial charge in [-0.3, -0.25) is 4.79 Å². The highest BCUT2D eigenvalue weighted by atomic mass is 32.2. The number of nitrogens with one attached hydrogen (secondary N) is 1. The number of H-pyrrole nitrogens is 1. The number of thiophene rings is 1. The molecule has 25 heavy (non-hydrogen) atoms. The number of aryl methyl sites for hydroxylation is 1. The average Bonchev–Trinajstić information content (AvgIpc) is 3.21. The second-order valence-corrected chi connectivity index (χ2v) is 9.02. The molecule has 0 spiro atoms. The fourth-order valence-electron chi connectivity index (χ4n) is 3.37. The van der Waals surface area contributed by atoms with Crippen LogP contribution < -0.4 is 5.56 Å². The summed E-state index contributed by atoms with van der Waals surface area (Å²) in [6, 6.07) is 0.